The Balaban J connectivity index is 1.91. The van der Waals surface area contributed by atoms with Crippen LogP contribution in [0.1, 0.15) is 6.42 Å². The van der Waals surface area contributed by atoms with Gasteiger partial charge in [0.15, 0.2) is 0 Å². The molecule has 5 nitrogen and oxygen atoms in total. The summed E-state index contributed by atoms with van der Waals surface area (Å²) in [6.45, 7) is 2.29. The number of nitrogens with one attached hydrogen (secondary N) is 1. The number of hydrogen-bond donors (Lipinski definition) is 2. The predicted molar refractivity (Wildman–Crippen MR) is 70.4 cm³/mol. The largest absolute Gasteiger partial charge is 0.355 e. The minimum atomic E-state index is 0.0755. The van der Waals surface area contributed by atoms with E-state index in [0.717, 1.165) is 25.5 Å². The second-order valence-corrected chi connectivity index (χ2v) is 4.73. The third-order valence-electron chi connectivity index (χ3n) is 3.05. The van der Waals surface area contributed by atoms with Gasteiger partial charge in [0.2, 0.25) is 11.9 Å². The Morgan fingerprint density at radius 1 is 1.71 bits per heavy atom. The molecule has 1 aliphatic heterocycles. The molecule has 0 spiro atoms. The zero-order valence-electron chi connectivity index (χ0n) is 9.96. The highest BCUT2D eigenvalue weighted by molar-refractivity contribution is 7.80. The Morgan fingerprint density at radius 2 is 2.53 bits per heavy atom. The lowest BCUT2D eigenvalue weighted by Crippen LogP contribution is -2.34. The first kappa shape index (κ1) is 12.3. The summed E-state index contributed by atoms with van der Waals surface area (Å²) in [7, 11) is 1.97. The monoisotopic (exact) mass is 254 g/mol. The van der Waals surface area contributed by atoms with Crippen LogP contribution in [0.3, 0.4) is 0 Å². The smallest absolute Gasteiger partial charge is 0.224 e. The third kappa shape index (κ3) is 2.74. The summed E-state index contributed by atoms with van der Waals surface area (Å²) in [4.78, 5) is 18.3. The van der Waals surface area contributed by atoms with Crippen LogP contribution in [0.4, 0.5) is 5.95 Å². The van der Waals surface area contributed by atoms with Crippen LogP contribution in [0.5, 0.6) is 0 Å². The van der Waals surface area contributed by atoms with Gasteiger partial charge in [-0.3, -0.25) is 4.79 Å². The molecule has 1 amide bonds. The van der Waals surface area contributed by atoms with Gasteiger partial charge in [-0.2, -0.15) is 12.6 Å². The van der Waals surface area contributed by atoms with Gasteiger partial charge in [-0.25, -0.2) is 4.98 Å². The number of nitrogens with zero attached hydrogens (tertiary/aromatic N) is 3. The molecule has 0 aromatic carbocycles. The quantitative estimate of drug-likeness (QED) is 0.760. The number of carbonyl (C=O) groups excluding carboxylic acids is 1. The van der Waals surface area contributed by atoms with E-state index in [4.69, 9.17) is 0 Å². The highest BCUT2D eigenvalue weighted by atomic mass is 32.1. The maximum atomic E-state index is 11.8. The fourth-order valence-corrected chi connectivity index (χ4v) is 2.25. The summed E-state index contributed by atoms with van der Waals surface area (Å²) in [5.41, 5.74) is 0. The van der Waals surface area contributed by atoms with Gasteiger partial charge in [0.25, 0.3) is 0 Å². The first-order chi connectivity index (χ1) is 8.22. The highest BCUT2D eigenvalue weighted by Gasteiger charge is 2.29. The summed E-state index contributed by atoms with van der Waals surface area (Å²) < 4.78 is 1.98. The molecule has 1 aromatic heterocycles. The molecule has 2 rings (SSSR count). The zero-order chi connectivity index (χ0) is 12.3. The number of aryl methyl sites for hydroxylation is 1. The Hall–Kier alpha value is -1.17. The van der Waals surface area contributed by atoms with Crippen molar-refractivity contribution in [3.05, 3.63) is 12.4 Å². The van der Waals surface area contributed by atoms with Crippen LogP contribution in [0.25, 0.3) is 0 Å². The Morgan fingerprint density at radius 3 is 3.18 bits per heavy atom. The molecule has 1 aromatic rings. The second kappa shape index (κ2) is 5.44. The summed E-state index contributed by atoms with van der Waals surface area (Å²) >= 11 is 4.08. The van der Waals surface area contributed by atoms with Gasteiger partial charge in [-0.15, -0.1) is 0 Å². The van der Waals surface area contributed by atoms with Crippen molar-refractivity contribution >= 4 is 24.5 Å². The van der Waals surface area contributed by atoms with Gasteiger partial charge in [0.05, 0.1) is 5.92 Å². The van der Waals surface area contributed by atoms with Crippen molar-refractivity contribution in [2.45, 2.75) is 6.42 Å². The maximum Gasteiger partial charge on any atom is 0.224 e. The van der Waals surface area contributed by atoms with Crippen molar-refractivity contribution < 1.29 is 4.79 Å². The summed E-state index contributed by atoms with van der Waals surface area (Å²) in [5.74, 6) is 1.83. The lowest BCUT2D eigenvalue weighted by Gasteiger charge is -2.17. The second-order valence-electron chi connectivity index (χ2n) is 4.28. The fraction of sp³-hybridized carbons (Fsp3) is 0.636. The van der Waals surface area contributed by atoms with Crippen molar-refractivity contribution in [1.82, 2.24) is 14.9 Å². The Kier molecular flexibility index (Phi) is 3.93. The first-order valence-electron chi connectivity index (χ1n) is 5.83. The van der Waals surface area contributed by atoms with Crippen LogP contribution < -0.4 is 10.2 Å². The number of rotatable bonds is 4. The summed E-state index contributed by atoms with van der Waals surface area (Å²) in [5, 5.41) is 2.89. The molecule has 0 saturated carbocycles. The molecule has 94 valence electrons. The number of aromatic nitrogens is 2. The number of imidazole rings is 1. The van der Waals surface area contributed by atoms with Crippen LogP contribution in [0.2, 0.25) is 0 Å². The molecule has 2 heterocycles. The van der Waals surface area contributed by atoms with E-state index in [1.165, 1.54) is 0 Å². The molecular formula is C11H18N4OS. The van der Waals surface area contributed by atoms with Gasteiger partial charge < -0.3 is 14.8 Å². The topological polar surface area (TPSA) is 50.2 Å². The lowest BCUT2D eigenvalue weighted by atomic mass is 10.1. The molecule has 17 heavy (non-hydrogen) atoms. The maximum absolute atomic E-state index is 11.8. The molecule has 0 bridgehead atoms. The van der Waals surface area contributed by atoms with Crippen molar-refractivity contribution in [2.75, 3.05) is 30.3 Å². The fourth-order valence-electron chi connectivity index (χ4n) is 2.14. The first-order valence-corrected chi connectivity index (χ1v) is 6.46. The van der Waals surface area contributed by atoms with E-state index in [-0.39, 0.29) is 11.8 Å². The number of amides is 1. The van der Waals surface area contributed by atoms with Gasteiger partial charge in [-0.05, 0) is 6.42 Å². The van der Waals surface area contributed by atoms with E-state index < -0.39 is 0 Å². The highest BCUT2D eigenvalue weighted by Crippen LogP contribution is 2.21. The van der Waals surface area contributed by atoms with E-state index in [1.54, 1.807) is 6.20 Å². The van der Waals surface area contributed by atoms with Gasteiger partial charge in [0, 0.05) is 44.8 Å². The number of thiol groups is 1. The van der Waals surface area contributed by atoms with Crippen LogP contribution in [0.15, 0.2) is 12.4 Å². The number of anilines is 1. The van der Waals surface area contributed by atoms with E-state index in [2.05, 4.69) is 27.8 Å². The molecule has 1 aliphatic rings. The molecular weight excluding hydrogens is 236 g/mol. The lowest BCUT2D eigenvalue weighted by molar-refractivity contribution is -0.124. The number of hydrogen-bond acceptors (Lipinski definition) is 4. The molecule has 1 unspecified atom stereocenters. The molecule has 1 fully saturated rings. The van der Waals surface area contributed by atoms with Crippen LogP contribution in [0, 0.1) is 5.92 Å². The van der Waals surface area contributed by atoms with E-state index >= 15 is 0 Å². The summed E-state index contributed by atoms with van der Waals surface area (Å²) in [6.07, 6.45) is 4.60. The summed E-state index contributed by atoms with van der Waals surface area (Å²) in [6, 6.07) is 0. The Labute approximate surface area is 107 Å². The zero-order valence-corrected chi connectivity index (χ0v) is 10.9. The standard InChI is InChI=1S/C11H18N4OS/c1-14-6-3-13-11(14)15-5-2-9(8-15)10(16)12-4-7-17/h3,6,9,17H,2,4-5,7-8H2,1H3,(H,12,16). The molecule has 1 N–H and O–H groups in total. The van der Waals surface area contributed by atoms with Gasteiger partial charge in [0.1, 0.15) is 0 Å². The molecule has 1 atom stereocenters. The van der Waals surface area contributed by atoms with Crippen molar-refractivity contribution in [2.24, 2.45) is 13.0 Å². The molecule has 0 aliphatic carbocycles. The van der Waals surface area contributed by atoms with Crippen molar-refractivity contribution in [3.63, 3.8) is 0 Å². The van der Waals surface area contributed by atoms with Crippen molar-refractivity contribution in [1.29, 1.82) is 0 Å². The average molecular weight is 254 g/mol. The van der Waals surface area contributed by atoms with Gasteiger partial charge in [-0.1, -0.05) is 0 Å². The van der Waals surface area contributed by atoms with Gasteiger partial charge >= 0.3 is 0 Å². The normalized spacial score (nSPS) is 19.6. The van der Waals surface area contributed by atoms with E-state index in [0.29, 0.717) is 12.3 Å². The van der Waals surface area contributed by atoms with Crippen LogP contribution in [-0.4, -0.2) is 40.8 Å². The third-order valence-corrected chi connectivity index (χ3v) is 3.27. The van der Waals surface area contributed by atoms with Crippen molar-refractivity contribution in [3.8, 4) is 0 Å². The molecule has 6 heteroatoms. The molecule has 0 radical (unpaired) electrons. The number of carbonyl (C=O) groups is 1. The Bertz CT molecular complexity index is 393. The SMILES string of the molecule is Cn1ccnc1N1CCC(C(=O)NCCS)C1. The van der Waals surface area contributed by atoms with E-state index in [9.17, 15) is 4.79 Å². The average Bonchev–Trinajstić information content (AvgIpc) is 2.93. The predicted octanol–water partition coefficient (Wildman–Crippen LogP) is 0.292. The molecule has 1 saturated heterocycles. The van der Waals surface area contributed by atoms with Crippen LogP contribution in [-0.2, 0) is 11.8 Å². The van der Waals surface area contributed by atoms with Crippen LogP contribution >= 0.6 is 12.6 Å². The minimum absolute atomic E-state index is 0.0755. The van der Waals surface area contributed by atoms with E-state index in [1.807, 2.05) is 17.8 Å². The minimum Gasteiger partial charge on any atom is -0.355 e.